The molecule has 136 valence electrons. The van der Waals surface area contributed by atoms with Crippen molar-refractivity contribution in [1.29, 1.82) is 0 Å². The van der Waals surface area contributed by atoms with Crippen LogP contribution in [0.4, 0.5) is 0 Å². The molecule has 3 nitrogen and oxygen atoms in total. The molecule has 3 heteroatoms. The van der Waals surface area contributed by atoms with Crippen LogP contribution in [-0.2, 0) is 15.1 Å². The van der Waals surface area contributed by atoms with E-state index in [9.17, 15) is 4.79 Å². The van der Waals surface area contributed by atoms with E-state index < -0.39 is 5.60 Å². The van der Waals surface area contributed by atoms with Gasteiger partial charge in [-0.25, -0.2) is 0 Å². The van der Waals surface area contributed by atoms with Gasteiger partial charge in [0.1, 0.15) is 5.60 Å². The molecule has 1 aliphatic heterocycles. The van der Waals surface area contributed by atoms with E-state index in [-0.39, 0.29) is 5.97 Å². The van der Waals surface area contributed by atoms with E-state index in [0.29, 0.717) is 6.42 Å². The molecule has 0 aliphatic carbocycles. The van der Waals surface area contributed by atoms with Gasteiger partial charge in [0.2, 0.25) is 0 Å². The first-order valence-corrected chi connectivity index (χ1v) is 9.79. The molecule has 0 bridgehead atoms. The fourth-order valence-electron chi connectivity index (χ4n) is 3.60. The van der Waals surface area contributed by atoms with Gasteiger partial charge in [0.15, 0.2) is 0 Å². The van der Waals surface area contributed by atoms with Crippen molar-refractivity contribution in [1.82, 2.24) is 0 Å². The van der Waals surface area contributed by atoms with Crippen molar-refractivity contribution >= 4 is 5.97 Å². The number of rotatable bonds is 10. The summed E-state index contributed by atoms with van der Waals surface area (Å²) in [5.74, 6) is 2.63. The van der Waals surface area contributed by atoms with E-state index in [0.717, 1.165) is 57.2 Å². The van der Waals surface area contributed by atoms with Crippen LogP contribution < -0.4 is 5.32 Å². The topological polar surface area (TPSA) is 42.9 Å². The van der Waals surface area contributed by atoms with Gasteiger partial charge in [-0.2, -0.15) is 0 Å². The first kappa shape index (κ1) is 19.5. The van der Waals surface area contributed by atoms with Gasteiger partial charge in [-0.15, -0.1) is 12.3 Å². The molecule has 0 atom stereocenters. The summed E-state index contributed by atoms with van der Waals surface area (Å²) >= 11 is 0. The van der Waals surface area contributed by atoms with Crippen molar-refractivity contribution in [2.75, 3.05) is 13.1 Å². The maximum absolute atomic E-state index is 12.4. The Bertz CT molecular complexity index is 541. The Morgan fingerprint density at radius 3 is 2.36 bits per heavy atom. The monoisotopic (exact) mass is 342 g/mol. The summed E-state index contributed by atoms with van der Waals surface area (Å²) in [5.41, 5.74) is 0.729. The third kappa shape index (κ3) is 6.55. The molecule has 25 heavy (non-hydrogen) atoms. The van der Waals surface area contributed by atoms with Crippen LogP contribution in [0.15, 0.2) is 30.3 Å². The van der Waals surface area contributed by atoms with E-state index in [2.05, 4.69) is 23.4 Å². The van der Waals surface area contributed by atoms with Crippen molar-refractivity contribution < 1.29 is 14.8 Å². The number of unbranched alkanes of at least 4 members (excludes halogenated alkanes) is 6. The van der Waals surface area contributed by atoms with Crippen molar-refractivity contribution in [3.63, 3.8) is 0 Å². The lowest BCUT2D eigenvalue weighted by atomic mass is 9.84. The third-order valence-electron chi connectivity index (χ3n) is 5.07. The lowest BCUT2D eigenvalue weighted by molar-refractivity contribution is -0.668. The average Bonchev–Trinajstić information content (AvgIpc) is 2.65. The van der Waals surface area contributed by atoms with Crippen LogP contribution >= 0.6 is 0 Å². The molecule has 1 aromatic carbocycles. The van der Waals surface area contributed by atoms with Crippen LogP contribution in [0.1, 0.15) is 69.8 Å². The number of piperidine rings is 1. The second kappa shape index (κ2) is 10.9. The minimum absolute atomic E-state index is 0.0434. The zero-order valence-corrected chi connectivity index (χ0v) is 15.3. The highest BCUT2D eigenvalue weighted by molar-refractivity contribution is 5.70. The van der Waals surface area contributed by atoms with Gasteiger partial charge in [-0.05, 0) is 18.4 Å². The number of esters is 1. The van der Waals surface area contributed by atoms with Crippen LogP contribution in [0.25, 0.3) is 0 Å². The van der Waals surface area contributed by atoms with Crippen molar-refractivity contribution in [2.45, 2.75) is 69.8 Å². The highest BCUT2D eigenvalue weighted by atomic mass is 16.6. The predicted octanol–water partition coefficient (Wildman–Crippen LogP) is 3.54. The molecular weight excluding hydrogens is 310 g/mol. The molecule has 1 heterocycles. The number of hydrogen-bond acceptors (Lipinski definition) is 2. The molecule has 0 saturated carbocycles. The van der Waals surface area contributed by atoms with E-state index in [1.54, 1.807) is 0 Å². The molecule has 0 radical (unpaired) electrons. The first-order valence-electron chi connectivity index (χ1n) is 9.79. The van der Waals surface area contributed by atoms with E-state index in [1.807, 2.05) is 18.2 Å². The Morgan fingerprint density at radius 1 is 1.04 bits per heavy atom. The largest absolute Gasteiger partial charge is 0.454 e. The minimum Gasteiger partial charge on any atom is -0.454 e. The Kier molecular flexibility index (Phi) is 8.55. The molecular formula is C22H32NO2+. The van der Waals surface area contributed by atoms with Gasteiger partial charge in [-0.3, -0.25) is 4.79 Å². The Balaban J connectivity index is 1.74. The summed E-state index contributed by atoms with van der Waals surface area (Å²) in [6.45, 7) is 2.03. The lowest BCUT2D eigenvalue weighted by Gasteiger charge is -2.36. The Hall–Kier alpha value is -1.79. The highest BCUT2D eigenvalue weighted by Crippen LogP contribution is 2.34. The summed E-state index contributed by atoms with van der Waals surface area (Å²) in [6.07, 6.45) is 15.2. The molecule has 0 spiro atoms. The number of carbonyl (C=O) groups excluding carboxylic acids is 1. The standard InChI is InChI=1S/C22H31NO2/c1-2-3-4-5-6-7-8-12-15-21(24)25-22(16-18-23-19-17-22)20-13-10-9-11-14-20/h1,9-11,13-14,23H,3-8,12,15-19H2/p+1. The van der Waals surface area contributed by atoms with Gasteiger partial charge in [0.05, 0.1) is 13.1 Å². The number of carbonyl (C=O) groups is 1. The van der Waals surface area contributed by atoms with Crippen LogP contribution in [0.2, 0.25) is 0 Å². The van der Waals surface area contributed by atoms with Crippen LogP contribution in [0.3, 0.4) is 0 Å². The van der Waals surface area contributed by atoms with Crippen molar-refractivity contribution in [3.05, 3.63) is 35.9 Å². The summed E-state index contributed by atoms with van der Waals surface area (Å²) in [4.78, 5) is 12.4. The Morgan fingerprint density at radius 2 is 1.68 bits per heavy atom. The number of ether oxygens (including phenoxy) is 1. The third-order valence-corrected chi connectivity index (χ3v) is 5.07. The molecule has 1 aromatic rings. The van der Waals surface area contributed by atoms with Crippen molar-refractivity contribution in [3.8, 4) is 12.3 Å². The SMILES string of the molecule is C#CCCCCCCCCC(=O)OC1(c2ccccc2)CC[NH2+]CC1. The lowest BCUT2D eigenvalue weighted by Crippen LogP contribution is -2.87. The van der Waals surface area contributed by atoms with Gasteiger partial charge in [-0.1, -0.05) is 56.0 Å². The van der Waals surface area contributed by atoms with Crippen molar-refractivity contribution in [2.24, 2.45) is 0 Å². The molecule has 2 N–H and O–H groups in total. The average molecular weight is 343 g/mol. The number of quaternary nitrogens is 1. The predicted molar refractivity (Wildman–Crippen MR) is 101 cm³/mol. The van der Waals surface area contributed by atoms with Crippen LogP contribution in [0, 0.1) is 12.3 Å². The fourth-order valence-corrected chi connectivity index (χ4v) is 3.60. The van der Waals surface area contributed by atoms with E-state index in [1.165, 1.54) is 19.3 Å². The summed E-state index contributed by atoms with van der Waals surface area (Å²) in [5, 5.41) is 2.30. The van der Waals surface area contributed by atoms with E-state index in [4.69, 9.17) is 11.2 Å². The van der Waals surface area contributed by atoms with E-state index >= 15 is 0 Å². The van der Waals surface area contributed by atoms with Crippen LogP contribution in [0.5, 0.6) is 0 Å². The fraction of sp³-hybridized carbons (Fsp3) is 0.591. The van der Waals surface area contributed by atoms with Gasteiger partial charge >= 0.3 is 5.97 Å². The zero-order chi connectivity index (χ0) is 17.8. The second-order valence-electron chi connectivity index (χ2n) is 7.03. The molecule has 0 amide bonds. The molecule has 0 aromatic heterocycles. The molecule has 0 unspecified atom stereocenters. The molecule has 2 rings (SSSR count). The zero-order valence-electron chi connectivity index (χ0n) is 15.3. The minimum atomic E-state index is -0.414. The normalized spacial score (nSPS) is 16.1. The highest BCUT2D eigenvalue weighted by Gasteiger charge is 2.39. The summed E-state index contributed by atoms with van der Waals surface area (Å²) in [6, 6.07) is 10.3. The number of nitrogens with two attached hydrogens (primary N) is 1. The number of benzene rings is 1. The summed E-state index contributed by atoms with van der Waals surface area (Å²) < 4.78 is 6.04. The number of hydrogen-bond donors (Lipinski definition) is 1. The first-order chi connectivity index (χ1) is 12.3. The molecule has 1 aliphatic rings. The van der Waals surface area contributed by atoms with Crippen LogP contribution in [-0.4, -0.2) is 19.1 Å². The smallest absolute Gasteiger partial charge is 0.306 e. The van der Waals surface area contributed by atoms with Gasteiger partial charge < -0.3 is 10.1 Å². The maximum Gasteiger partial charge on any atom is 0.306 e. The quantitative estimate of drug-likeness (QED) is 0.401. The summed E-state index contributed by atoms with van der Waals surface area (Å²) in [7, 11) is 0. The molecule has 1 fully saturated rings. The van der Waals surface area contributed by atoms with Gasteiger partial charge in [0, 0.05) is 25.7 Å². The second-order valence-corrected chi connectivity index (χ2v) is 7.03. The maximum atomic E-state index is 12.4. The number of terminal acetylenes is 1. The molecule has 1 saturated heterocycles. The Labute approximate surface area is 152 Å². The van der Waals surface area contributed by atoms with Gasteiger partial charge in [0.25, 0.3) is 0 Å².